The summed E-state index contributed by atoms with van der Waals surface area (Å²) >= 11 is 0. The molecule has 3 radical (unpaired) electrons. The van der Waals surface area contributed by atoms with E-state index < -0.39 is 7.32 Å². The molecule has 0 unspecified atom stereocenters. The Hall–Kier alpha value is 0.945. The normalized spacial score (nSPS) is 5.40. The molecule has 0 fully saturated rings. The topological polar surface area (TPSA) is 60.7 Å². The molecular weight excluding hydrogens is 81.8 g/mol. The Balaban J connectivity index is 0. The molecule has 3 N–H and O–H groups in total. The van der Waals surface area contributed by atoms with Gasteiger partial charge in [0.05, 0.1) is 0 Å². The Morgan fingerprint density at radius 2 is 1.00 bits per heavy atom. The zero-order valence-corrected chi connectivity index (χ0v) is 1.92. The summed E-state index contributed by atoms with van der Waals surface area (Å²) in [6.07, 6.45) is 0. The SMILES string of the molecule is OB(O)O.[NaH4]. The van der Waals surface area contributed by atoms with Crippen molar-refractivity contribution in [2.75, 3.05) is 0 Å². The molecule has 0 aliphatic heterocycles. The van der Waals surface area contributed by atoms with Crippen LogP contribution in [0.3, 0.4) is 0 Å². The molecule has 0 aromatic carbocycles. The van der Waals surface area contributed by atoms with Crippen LogP contribution in [0.2, 0.25) is 0 Å². The minimum atomic E-state index is -2.17. The summed E-state index contributed by atoms with van der Waals surface area (Å²) in [6.45, 7) is 0. The molecular formula is H7BNaO3. The fourth-order valence-electron chi connectivity index (χ4n) is 0. The summed E-state index contributed by atoms with van der Waals surface area (Å²) in [6, 6.07) is 0. The van der Waals surface area contributed by atoms with Gasteiger partial charge in [-0.05, 0) is 0 Å². The average molecular weight is 88.9 g/mol. The van der Waals surface area contributed by atoms with Crippen molar-refractivity contribution in [2.45, 2.75) is 0 Å². The van der Waals surface area contributed by atoms with Gasteiger partial charge < -0.3 is 15.1 Å². The molecule has 0 saturated heterocycles. The summed E-state index contributed by atoms with van der Waals surface area (Å²) in [5.41, 5.74) is 0. The summed E-state index contributed by atoms with van der Waals surface area (Å²) in [5.74, 6) is 0. The molecule has 0 heterocycles. The molecule has 0 aromatic heterocycles. The predicted octanol–water partition coefficient (Wildman–Crippen LogP) is -3.50. The number of rotatable bonds is 0. The first-order valence-electron chi connectivity index (χ1n) is 0.775. The van der Waals surface area contributed by atoms with Crippen LogP contribution < -0.4 is 0 Å². The minimum absolute atomic E-state index is 0. The third kappa shape index (κ3) is 48.0. The van der Waals surface area contributed by atoms with Gasteiger partial charge in [0.2, 0.25) is 0 Å². The van der Waals surface area contributed by atoms with Crippen molar-refractivity contribution in [3.05, 3.63) is 0 Å². The van der Waals surface area contributed by atoms with E-state index in [4.69, 9.17) is 15.1 Å². The van der Waals surface area contributed by atoms with Crippen LogP contribution in [0.25, 0.3) is 0 Å². The van der Waals surface area contributed by atoms with Crippen molar-refractivity contribution < 1.29 is 15.1 Å². The van der Waals surface area contributed by atoms with Crippen molar-refractivity contribution in [1.82, 2.24) is 0 Å². The summed E-state index contributed by atoms with van der Waals surface area (Å²) in [4.78, 5) is 0. The van der Waals surface area contributed by atoms with E-state index in [1.165, 1.54) is 0 Å². The molecule has 0 aliphatic rings. The van der Waals surface area contributed by atoms with E-state index >= 15 is 0 Å². The molecule has 0 aromatic rings. The standard InChI is InChI=1S/BH3O3.Na.4H/c2-1(3)4;;;;;/h2-4H;;;;;. The van der Waals surface area contributed by atoms with Crippen LogP contribution in [0.4, 0.5) is 0 Å². The second kappa shape index (κ2) is 4.94. The second-order valence-electron chi connectivity index (χ2n) is 0.346. The van der Waals surface area contributed by atoms with E-state index in [0.29, 0.717) is 0 Å². The van der Waals surface area contributed by atoms with Gasteiger partial charge in [-0.3, -0.25) is 0 Å². The van der Waals surface area contributed by atoms with Crippen molar-refractivity contribution in [3.8, 4) is 0 Å². The van der Waals surface area contributed by atoms with Crippen LogP contribution in [0, 0.1) is 0 Å². The molecule has 5 heavy (non-hydrogen) atoms. The molecule has 29 valence electrons. The van der Waals surface area contributed by atoms with Gasteiger partial charge in [-0.1, -0.05) is 0 Å². The Bertz CT molecular complexity index is 11.6. The van der Waals surface area contributed by atoms with Gasteiger partial charge in [0.15, 0.2) is 0 Å². The van der Waals surface area contributed by atoms with Gasteiger partial charge >= 0.3 is 36.9 Å². The first-order valence-corrected chi connectivity index (χ1v) is 0.775. The molecule has 0 amide bonds. The van der Waals surface area contributed by atoms with Gasteiger partial charge in [0.1, 0.15) is 0 Å². The Labute approximate surface area is 52.1 Å². The van der Waals surface area contributed by atoms with E-state index in [0.717, 1.165) is 0 Å². The first-order chi connectivity index (χ1) is 1.73. The predicted molar refractivity (Wildman–Crippen MR) is 23.7 cm³/mol. The fraction of sp³-hybridized carbons (Fsp3) is 0. The van der Waals surface area contributed by atoms with Gasteiger partial charge in [-0.25, -0.2) is 0 Å². The zero-order valence-electron chi connectivity index (χ0n) is 1.92. The van der Waals surface area contributed by atoms with E-state index in [1.807, 2.05) is 0 Å². The van der Waals surface area contributed by atoms with Crippen molar-refractivity contribution in [2.24, 2.45) is 0 Å². The average Bonchev–Trinajstić information content (AvgIpc) is 0.811. The molecule has 0 bridgehead atoms. The number of hydrogen-bond acceptors (Lipinski definition) is 3. The van der Waals surface area contributed by atoms with E-state index in [1.54, 1.807) is 0 Å². The molecule has 0 spiro atoms. The summed E-state index contributed by atoms with van der Waals surface area (Å²) in [7, 11) is -2.17. The second-order valence-corrected chi connectivity index (χ2v) is 0.346. The van der Waals surface area contributed by atoms with Crippen molar-refractivity contribution in [3.63, 3.8) is 0 Å². The molecule has 0 atom stereocenters. The maximum absolute atomic E-state index is 7.17. The third-order valence-corrected chi connectivity index (χ3v) is 0. The number of hydrogen-bond donors (Lipinski definition) is 3. The van der Waals surface area contributed by atoms with Crippen LogP contribution in [-0.2, 0) is 0 Å². The van der Waals surface area contributed by atoms with Crippen molar-refractivity contribution in [1.29, 1.82) is 0 Å². The monoisotopic (exact) mass is 89.0 g/mol. The summed E-state index contributed by atoms with van der Waals surface area (Å²) in [5, 5.41) is 21.5. The van der Waals surface area contributed by atoms with Crippen LogP contribution in [0.15, 0.2) is 0 Å². The molecule has 3 nitrogen and oxygen atoms in total. The zero-order chi connectivity index (χ0) is 3.58. The van der Waals surface area contributed by atoms with Gasteiger partial charge in [-0.2, -0.15) is 0 Å². The summed E-state index contributed by atoms with van der Waals surface area (Å²) < 4.78 is 0. The van der Waals surface area contributed by atoms with Crippen LogP contribution in [0.5, 0.6) is 0 Å². The maximum atomic E-state index is 7.17. The molecule has 0 rings (SSSR count). The van der Waals surface area contributed by atoms with Crippen LogP contribution >= 0.6 is 0 Å². The molecule has 0 saturated carbocycles. The van der Waals surface area contributed by atoms with E-state index in [2.05, 4.69) is 0 Å². The van der Waals surface area contributed by atoms with Gasteiger partial charge in [0.25, 0.3) is 0 Å². The fourth-order valence-corrected chi connectivity index (χ4v) is 0. The first kappa shape index (κ1) is 9.34. The molecule has 5 heteroatoms. The quantitative estimate of drug-likeness (QED) is 0.270. The Morgan fingerprint density at radius 1 is 1.00 bits per heavy atom. The van der Waals surface area contributed by atoms with Crippen LogP contribution in [-0.4, -0.2) is 52.0 Å². The van der Waals surface area contributed by atoms with E-state index in [9.17, 15) is 0 Å². The van der Waals surface area contributed by atoms with Crippen LogP contribution in [0.1, 0.15) is 0 Å². The van der Waals surface area contributed by atoms with Gasteiger partial charge in [-0.15, -0.1) is 0 Å². The van der Waals surface area contributed by atoms with Gasteiger partial charge in [0, 0.05) is 0 Å². The Kier molecular flexibility index (Phi) is 9.24. The molecule has 0 aliphatic carbocycles. The van der Waals surface area contributed by atoms with Crippen molar-refractivity contribution >= 4 is 36.9 Å². The third-order valence-electron chi connectivity index (χ3n) is 0. The van der Waals surface area contributed by atoms with E-state index in [-0.39, 0.29) is 29.6 Å². The Morgan fingerprint density at radius 3 is 1.00 bits per heavy atom.